The van der Waals surface area contributed by atoms with Gasteiger partial charge < -0.3 is 10.1 Å². The van der Waals surface area contributed by atoms with Crippen LogP contribution >= 0.6 is 10.7 Å². The van der Waals surface area contributed by atoms with Crippen molar-refractivity contribution in [2.75, 3.05) is 44.7 Å². The molecular formula is C16H19ClN2O3S. The van der Waals surface area contributed by atoms with E-state index in [1.165, 1.54) is 6.07 Å². The highest BCUT2D eigenvalue weighted by Crippen LogP contribution is 2.30. The van der Waals surface area contributed by atoms with Crippen LogP contribution in [-0.2, 0) is 13.8 Å². The zero-order chi connectivity index (χ0) is 16.3. The van der Waals surface area contributed by atoms with Crippen LogP contribution in [0.25, 0.3) is 10.8 Å². The lowest BCUT2D eigenvalue weighted by Crippen LogP contribution is -2.39. The summed E-state index contributed by atoms with van der Waals surface area (Å²) >= 11 is 0. The molecule has 1 N–H and O–H groups in total. The molecule has 7 heteroatoms. The van der Waals surface area contributed by atoms with Crippen LogP contribution in [0.4, 0.5) is 5.69 Å². The Morgan fingerprint density at radius 3 is 2.52 bits per heavy atom. The highest BCUT2D eigenvalue weighted by atomic mass is 35.7. The Bertz CT molecular complexity index is 789. The van der Waals surface area contributed by atoms with E-state index in [1.54, 1.807) is 12.1 Å². The molecule has 0 spiro atoms. The second-order valence-electron chi connectivity index (χ2n) is 5.48. The lowest BCUT2D eigenvalue weighted by molar-refractivity contribution is 0.0398. The van der Waals surface area contributed by atoms with Crippen molar-refractivity contribution in [2.24, 2.45) is 0 Å². The molecule has 1 aliphatic heterocycles. The second kappa shape index (κ2) is 7.05. The summed E-state index contributed by atoms with van der Waals surface area (Å²) in [5.41, 5.74) is 0.915. The molecule has 124 valence electrons. The summed E-state index contributed by atoms with van der Waals surface area (Å²) in [5.74, 6) is 0. The van der Waals surface area contributed by atoms with Gasteiger partial charge in [-0.1, -0.05) is 24.3 Å². The molecule has 0 unspecified atom stereocenters. The molecule has 23 heavy (non-hydrogen) atoms. The number of ether oxygens (including phenoxy) is 1. The van der Waals surface area contributed by atoms with Crippen molar-refractivity contribution in [2.45, 2.75) is 4.90 Å². The first-order valence-corrected chi connectivity index (χ1v) is 9.87. The average molecular weight is 355 g/mol. The zero-order valence-electron chi connectivity index (χ0n) is 12.7. The van der Waals surface area contributed by atoms with Crippen molar-refractivity contribution in [3.8, 4) is 0 Å². The second-order valence-corrected chi connectivity index (χ2v) is 8.01. The number of fused-ring (bicyclic) bond motifs is 1. The number of hydrogen-bond donors (Lipinski definition) is 1. The molecule has 0 saturated carbocycles. The van der Waals surface area contributed by atoms with Crippen molar-refractivity contribution in [3.05, 3.63) is 36.4 Å². The molecule has 0 atom stereocenters. The number of nitrogens with one attached hydrogen (secondary N) is 1. The van der Waals surface area contributed by atoms with Crippen molar-refractivity contribution < 1.29 is 13.2 Å². The van der Waals surface area contributed by atoms with Crippen LogP contribution in [0.3, 0.4) is 0 Å². The quantitative estimate of drug-likeness (QED) is 0.836. The Labute approximate surface area is 140 Å². The Balaban J connectivity index is 1.78. The molecule has 1 heterocycles. The van der Waals surface area contributed by atoms with Crippen LogP contribution < -0.4 is 5.32 Å². The first-order chi connectivity index (χ1) is 11.1. The summed E-state index contributed by atoms with van der Waals surface area (Å²) in [6.45, 7) is 5.18. The first kappa shape index (κ1) is 16.5. The predicted molar refractivity (Wildman–Crippen MR) is 92.7 cm³/mol. The van der Waals surface area contributed by atoms with Gasteiger partial charge in [0.2, 0.25) is 0 Å². The van der Waals surface area contributed by atoms with Crippen LogP contribution in [-0.4, -0.2) is 52.7 Å². The molecule has 0 aromatic heterocycles. The van der Waals surface area contributed by atoms with Gasteiger partial charge >= 0.3 is 0 Å². The van der Waals surface area contributed by atoms with Gasteiger partial charge in [-0.3, -0.25) is 4.90 Å². The normalized spacial score (nSPS) is 16.6. The Kier molecular flexibility index (Phi) is 5.06. The van der Waals surface area contributed by atoms with Gasteiger partial charge in [-0.15, -0.1) is 0 Å². The Hall–Kier alpha value is -1.34. The van der Waals surface area contributed by atoms with E-state index in [0.29, 0.717) is 5.39 Å². The molecule has 0 amide bonds. The van der Waals surface area contributed by atoms with E-state index in [9.17, 15) is 8.42 Å². The van der Waals surface area contributed by atoms with Crippen molar-refractivity contribution >= 4 is 36.2 Å². The number of hydrogen-bond acceptors (Lipinski definition) is 5. The monoisotopic (exact) mass is 354 g/mol. The summed E-state index contributed by atoms with van der Waals surface area (Å²) in [6, 6.07) is 10.7. The summed E-state index contributed by atoms with van der Waals surface area (Å²) < 4.78 is 28.7. The minimum atomic E-state index is -3.76. The maximum absolute atomic E-state index is 11.7. The molecule has 0 bridgehead atoms. The molecule has 3 rings (SSSR count). The predicted octanol–water partition coefficient (Wildman–Crippen LogP) is 2.51. The largest absolute Gasteiger partial charge is 0.383 e. The molecule has 5 nitrogen and oxygen atoms in total. The maximum atomic E-state index is 11.7. The van der Waals surface area contributed by atoms with Gasteiger partial charge in [0.05, 0.1) is 18.1 Å². The minimum Gasteiger partial charge on any atom is -0.383 e. The highest BCUT2D eigenvalue weighted by molar-refractivity contribution is 8.14. The Morgan fingerprint density at radius 2 is 1.78 bits per heavy atom. The van der Waals surface area contributed by atoms with Gasteiger partial charge in [-0.25, -0.2) is 8.42 Å². The fourth-order valence-corrected chi connectivity index (χ4v) is 3.91. The maximum Gasteiger partial charge on any atom is 0.261 e. The van der Waals surface area contributed by atoms with Crippen molar-refractivity contribution in [1.29, 1.82) is 0 Å². The highest BCUT2D eigenvalue weighted by Gasteiger charge is 2.15. The topological polar surface area (TPSA) is 58.6 Å². The third-order valence-electron chi connectivity index (χ3n) is 3.99. The first-order valence-electron chi connectivity index (χ1n) is 7.56. The fourth-order valence-electron chi connectivity index (χ4n) is 2.82. The van der Waals surface area contributed by atoms with E-state index >= 15 is 0 Å². The van der Waals surface area contributed by atoms with Gasteiger partial charge in [0.15, 0.2) is 0 Å². The molecule has 2 aromatic rings. The van der Waals surface area contributed by atoms with Gasteiger partial charge in [0.25, 0.3) is 9.05 Å². The zero-order valence-corrected chi connectivity index (χ0v) is 14.2. The van der Waals surface area contributed by atoms with Crippen LogP contribution in [0.2, 0.25) is 0 Å². The minimum absolute atomic E-state index is 0.147. The van der Waals surface area contributed by atoms with E-state index < -0.39 is 9.05 Å². The van der Waals surface area contributed by atoms with Gasteiger partial charge in [0, 0.05) is 53.3 Å². The summed E-state index contributed by atoms with van der Waals surface area (Å²) in [4.78, 5) is 2.49. The smallest absolute Gasteiger partial charge is 0.261 e. The number of anilines is 1. The fraction of sp³-hybridized carbons (Fsp3) is 0.375. The van der Waals surface area contributed by atoms with E-state index in [1.807, 2.05) is 18.2 Å². The van der Waals surface area contributed by atoms with E-state index in [2.05, 4.69) is 10.2 Å². The van der Waals surface area contributed by atoms with Crippen molar-refractivity contribution in [3.63, 3.8) is 0 Å². The van der Waals surface area contributed by atoms with Crippen LogP contribution in [0.15, 0.2) is 41.3 Å². The van der Waals surface area contributed by atoms with Gasteiger partial charge in [-0.2, -0.15) is 0 Å². The number of halogens is 1. The number of rotatable bonds is 5. The van der Waals surface area contributed by atoms with Gasteiger partial charge in [0.1, 0.15) is 0 Å². The van der Waals surface area contributed by atoms with Crippen molar-refractivity contribution in [1.82, 2.24) is 4.90 Å². The molecule has 2 aromatic carbocycles. The molecule has 1 fully saturated rings. The lowest BCUT2D eigenvalue weighted by Gasteiger charge is -2.26. The molecule has 1 aliphatic rings. The summed E-state index contributed by atoms with van der Waals surface area (Å²) in [5, 5.41) is 4.89. The van der Waals surface area contributed by atoms with E-state index in [0.717, 1.165) is 50.5 Å². The number of benzene rings is 2. The van der Waals surface area contributed by atoms with E-state index in [4.69, 9.17) is 15.4 Å². The number of nitrogens with zero attached hydrogens (tertiary/aromatic N) is 1. The third kappa shape index (κ3) is 3.95. The van der Waals surface area contributed by atoms with E-state index in [-0.39, 0.29) is 4.90 Å². The Morgan fingerprint density at radius 1 is 1.09 bits per heavy atom. The van der Waals surface area contributed by atoms with Crippen LogP contribution in [0, 0.1) is 0 Å². The lowest BCUT2D eigenvalue weighted by atomic mass is 10.1. The third-order valence-corrected chi connectivity index (χ3v) is 5.37. The molecule has 0 aliphatic carbocycles. The van der Waals surface area contributed by atoms with Crippen LogP contribution in [0.1, 0.15) is 0 Å². The van der Waals surface area contributed by atoms with Crippen LogP contribution in [0.5, 0.6) is 0 Å². The summed E-state index contributed by atoms with van der Waals surface area (Å²) in [6.07, 6.45) is 0. The number of morpholine rings is 1. The molecule has 0 radical (unpaired) electrons. The SMILES string of the molecule is O=S(=O)(Cl)c1cccc2c(NCCN3CCOCC3)cccc12. The molecule has 1 saturated heterocycles. The summed E-state index contributed by atoms with van der Waals surface area (Å²) in [7, 11) is 1.77. The van der Waals surface area contributed by atoms with Gasteiger partial charge in [-0.05, 0) is 12.1 Å². The standard InChI is InChI=1S/C16H19ClN2O3S/c17-23(20,21)16-6-2-3-13-14(16)4-1-5-15(13)18-7-8-19-9-11-22-12-10-19/h1-6,18H,7-12H2. The molecular weight excluding hydrogens is 336 g/mol. The average Bonchev–Trinajstić information content (AvgIpc) is 2.54.